The quantitative estimate of drug-likeness (QED) is 0.704. The molecule has 2 heterocycles. The van der Waals surface area contributed by atoms with E-state index in [1.807, 2.05) is 18.2 Å². The lowest BCUT2D eigenvalue weighted by molar-refractivity contribution is -0.117. The Hall–Kier alpha value is -2.97. The van der Waals surface area contributed by atoms with Gasteiger partial charge in [0.15, 0.2) is 0 Å². The average molecular weight is 454 g/mol. The van der Waals surface area contributed by atoms with Crippen molar-refractivity contribution in [3.8, 4) is 0 Å². The number of amides is 2. The Bertz CT molecular complexity index is 1130. The zero-order chi connectivity index (χ0) is 22.7. The Morgan fingerprint density at radius 1 is 1.03 bits per heavy atom. The van der Waals surface area contributed by atoms with Crippen molar-refractivity contribution < 1.29 is 18.0 Å². The van der Waals surface area contributed by atoms with E-state index in [2.05, 4.69) is 18.0 Å². The molecule has 2 aliphatic rings. The molecule has 1 fully saturated rings. The lowest BCUT2D eigenvalue weighted by Crippen LogP contribution is -2.49. The minimum absolute atomic E-state index is 0.103. The minimum Gasteiger partial charge on any atom is -0.349 e. The molecular formula is C24H27N3O4S. The van der Waals surface area contributed by atoms with Crippen LogP contribution in [0.5, 0.6) is 0 Å². The van der Waals surface area contributed by atoms with Crippen molar-refractivity contribution in [1.29, 1.82) is 0 Å². The predicted molar refractivity (Wildman–Crippen MR) is 121 cm³/mol. The Balaban J connectivity index is 1.45. The molecule has 168 valence electrons. The van der Waals surface area contributed by atoms with E-state index in [1.165, 1.54) is 28.1 Å². The van der Waals surface area contributed by atoms with Gasteiger partial charge in [0.2, 0.25) is 15.9 Å². The summed E-state index contributed by atoms with van der Waals surface area (Å²) in [5, 5.41) is 2.78. The van der Waals surface area contributed by atoms with Gasteiger partial charge >= 0.3 is 0 Å². The molecule has 0 bridgehead atoms. The fourth-order valence-corrected chi connectivity index (χ4v) is 5.83. The molecule has 0 spiro atoms. The van der Waals surface area contributed by atoms with Crippen molar-refractivity contribution in [2.75, 3.05) is 19.6 Å². The molecule has 8 heteroatoms. The molecule has 7 nitrogen and oxygen atoms in total. The third kappa shape index (κ3) is 4.61. The summed E-state index contributed by atoms with van der Waals surface area (Å²) in [5.41, 5.74) is 2.88. The molecule has 2 amide bonds. The molecule has 0 radical (unpaired) electrons. The highest BCUT2D eigenvalue weighted by Crippen LogP contribution is 2.23. The van der Waals surface area contributed by atoms with E-state index in [1.54, 1.807) is 17.0 Å². The monoisotopic (exact) mass is 453 g/mol. The first-order valence-electron chi connectivity index (χ1n) is 10.8. The summed E-state index contributed by atoms with van der Waals surface area (Å²) < 4.78 is 27.6. The Kier molecular flexibility index (Phi) is 6.43. The molecule has 4 rings (SSSR count). The molecule has 32 heavy (non-hydrogen) atoms. The van der Waals surface area contributed by atoms with E-state index >= 15 is 0 Å². The van der Waals surface area contributed by atoms with Crippen LogP contribution in [0.15, 0.2) is 66.1 Å². The zero-order valence-corrected chi connectivity index (χ0v) is 18.7. The third-order valence-electron chi connectivity index (χ3n) is 6.07. The Labute approximate surface area is 188 Å². The molecule has 1 atom stereocenters. The number of piperidine rings is 1. The van der Waals surface area contributed by atoms with Crippen molar-refractivity contribution >= 4 is 21.8 Å². The molecule has 0 aromatic heterocycles. The number of rotatable bonds is 5. The molecule has 2 aliphatic heterocycles. The highest BCUT2D eigenvalue weighted by Gasteiger charge is 2.31. The molecule has 2 aromatic rings. The van der Waals surface area contributed by atoms with Crippen LogP contribution in [0.25, 0.3) is 0 Å². The zero-order valence-electron chi connectivity index (χ0n) is 17.9. The Morgan fingerprint density at radius 2 is 1.75 bits per heavy atom. The molecule has 0 unspecified atom stereocenters. The number of hydrogen-bond donors (Lipinski definition) is 1. The second-order valence-corrected chi connectivity index (χ2v) is 10.1. The number of nitrogens with one attached hydrogen (secondary N) is 1. The van der Waals surface area contributed by atoms with E-state index in [9.17, 15) is 18.0 Å². The lowest BCUT2D eigenvalue weighted by atomic mass is 9.99. The summed E-state index contributed by atoms with van der Waals surface area (Å²) in [7, 11) is -3.71. The van der Waals surface area contributed by atoms with Crippen molar-refractivity contribution in [3.63, 3.8) is 0 Å². The van der Waals surface area contributed by atoms with Gasteiger partial charge in [-0.05, 0) is 60.7 Å². The van der Waals surface area contributed by atoms with Crippen molar-refractivity contribution in [1.82, 2.24) is 14.5 Å². The molecule has 0 saturated carbocycles. The fourth-order valence-electron chi connectivity index (χ4n) is 4.31. The standard InChI is InChI=1S/C24H27N3O4S/c1-2-23(28)25-21-8-5-14-27(17-21)32(30,31)22-11-9-19(10-12-22)24(29)26-15-13-18-6-3-4-7-20(18)16-26/h2-4,6-7,9-12,21H,1,5,8,13-17H2,(H,25,28)/t21-/m0/s1. The normalized spacial score (nSPS) is 19.1. The number of fused-ring (bicyclic) bond motifs is 1. The first kappa shape index (κ1) is 22.2. The summed E-state index contributed by atoms with van der Waals surface area (Å²) in [6, 6.07) is 14.0. The van der Waals surface area contributed by atoms with E-state index in [0.717, 1.165) is 18.4 Å². The van der Waals surface area contributed by atoms with Gasteiger partial charge in [-0.25, -0.2) is 8.42 Å². The van der Waals surface area contributed by atoms with Crippen LogP contribution in [0.1, 0.15) is 34.3 Å². The lowest BCUT2D eigenvalue weighted by Gasteiger charge is -2.32. The van der Waals surface area contributed by atoms with E-state index in [4.69, 9.17) is 0 Å². The number of sulfonamides is 1. The van der Waals surface area contributed by atoms with Crippen molar-refractivity contribution in [2.45, 2.75) is 36.7 Å². The summed E-state index contributed by atoms with van der Waals surface area (Å²) >= 11 is 0. The largest absolute Gasteiger partial charge is 0.349 e. The highest BCUT2D eigenvalue weighted by atomic mass is 32.2. The molecule has 1 N–H and O–H groups in total. The maximum atomic E-state index is 13.1. The molecule has 0 aliphatic carbocycles. The smallest absolute Gasteiger partial charge is 0.254 e. The van der Waals surface area contributed by atoms with Gasteiger partial charge in [-0.1, -0.05) is 30.8 Å². The van der Waals surface area contributed by atoms with Crippen molar-refractivity contribution in [2.24, 2.45) is 0 Å². The number of carbonyl (C=O) groups excluding carboxylic acids is 2. The van der Waals surface area contributed by atoms with Crippen LogP contribution >= 0.6 is 0 Å². The van der Waals surface area contributed by atoms with Crippen LogP contribution in [0.4, 0.5) is 0 Å². The summed E-state index contributed by atoms with van der Waals surface area (Å²) in [6.45, 7) is 5.25. The van der Waals surface area contributed by atoms with Gasteiger partial charge in [0.25, 0.3) is 5.91 Å². The highest BCUT2D eigenvalue weighted by molar-refractivity contribution is 7.89. The maximum absolute atomic E-state index is 13.1. The van der Waals surface area contributed by atoms with Gasteiger partial charge in [-0.3, -0.25) is 9.59 Å². The van der Waals surface area contributed by atoms with Gasteiger partial charge in [-0.15, -0.1) is 0 Å². The molecule has 1 saturated heterocycles. The van der Waals surface area contributed by atoms with E-state index in [-0.39, 0.29) is 29.3 Å². The third-order valence-corrected chi connectivity index (χ3v) is 7.95. The number of carbonyl (C=O) groups is 2. The average Bonchev–Trinajstić information content (AvgIpc) is 2.83. The number of benzene rings is 2. The van der Waals surface area contributed by atoms with Crippen LogP contribution in [0.3, 0.4) is 0 Å². The second kappa shape index (κ2) is 9.26. The SMILES string of the molecule is C=CC(=O)N[C@H]1CCCN(S(=O)(=O)c2ccc(C(=O)N3CCc4ccccc4C3)cc2)C1. The fraction of sp³-hybridized carbons (Fsp3) is 0.333. The summed E-state index contributed by atoms with van der Waals surface area (Å²) in [6.07, 6.45) is 3.38. The number of hydrogen-bond acceptors (Lipinski definition) is 4. The van der Waals surface area contributed by atoms with Gasteiger partial charge in [0, 0.05) is 37.8 Å². The first-order chi connectivity index (χ1) is 15.4. The van der Waals surface area contributed by atoms with Gasteiger partial charge < -0.3 is 10.2 Å². The summed E-state index contributed by atoms with van der Waals surface area (Å²) in [5.74, 6) is -0.411. The van der Waals surface area contributed by atoms with Crippen LogP contribution in [-0.2, 0) is 27.8 Å². The van der Waals surface area contributed by atoms with Crippen LogP contribution in [0, 0.1) is 0 Å². The van der Waals surface area contributed by atoms with Crippen LogP contribution in [0.2, 0.25) is 0 Å². The van der Waals surface area contributed by atoms with Crippen molar-refractivity contribution in [3.05, 3.63) is 77.9 Å². The number of nitrogens with zero attached hydrogens (tertiary/aromatic N) is 2. The minimum atomic E-state index is -3.71. The van der Waals surface area contributed by atoms with Crippen LogP contribution in [-0.4, -0.2) is 55.1 Å². The van der Waals surface area contributed by atoms with Gasteiger partial charge in [-0.2, -0.15) is 4.31 Å². The first-order valence-corrected chi connectivity index (χ1v) is 12.2. The predicted octanol–water partition coefficient (Wildman–Crippen LogP) is 2.34. The molecular weight excluding hydrogens is 426 g/mol. The van der Waals surface area contributed by atoms with E-state index in [0.29, 0.717) is 31.6 Å². The van der Waals surface area contributed by atoms with Gasteiger partial charge in [0.1, 0.15) is 0 Å². The van der Waals surface area contributed by atoms with Crippen LogP contribution < -0.4 is 5.32 Å². The maximum Gasteiger partial charge on any atom is 0.254 e. The second-order valence-electron chi connectivity index (χ2n) is 8.18. The van der Waals surface area contributed by atoms with Gasteiger partial charge in [0.05, 0.1) is 4.90 Å². The molecule has 2 aromatic carbocycles. The topological polar surface area (TPSA) is 86.8 Å². The van der Waals surface area contributed by atoms with E-state index < -0.39 is 10.0 Å². The Morgan fingerprint density at radius 3 is 2.47 bits per heavy atom. The summed E-state index contributed by atoms with van der Waals surface area (Å²) in [4.78, 5) is 26.5.